The molecule has 0 aromatic carbocycles. The number of hydrogen-bond donors (Lipinski definition) is 0. The summed E-state index contributed by atoms with van der Waals surface area (Å²) in [5.74, 6) is 0. The van der Waals surface area contributed by atoms with Crippen LogP contribution in [-0.4, -0.2) is 14.5 Å². The van der Waals surface area contributed by atoms with E-state index in [2.05, 4.69) is 34.6 Å². The second kappa shape index (κ2) is 3.24. The third kappa shape index (κ3) is 1.28. The molecular weight excluding hydrogens is 198 g/mol. The first kappa shape index (κ1) is 9.46. The Morgan fingerprint density at radius 2 is 2.07 bits per heavy atom. The highest BCUT2D eigenvalue weighted by Crippen LogP contribution is 2.26. The van der Waals surface area contributed by atoms with Crippen LogP contribution in [0.3, 0.4) is 0 Å². The van der Waals surface area contributed by atoms with Gasteiger partial charge in [0.05, 0.1) is 5.39 Å². The predicted octanol–water partition coefficient (Wildman–Crippen LogP) is 2.97. The molecule has 2 rings (SSSR count). The molecule has 0 fully saturated rings. The fraction of sp³-hybridized carbons (Fsp3) is 0.400. The Hall–Kier alpha value is -1.09. The number of nitrogens with zero attached hydrogens (tertiary/aromatic N) is 3. The van der Waals surface area contributed by atoms with Gasteiger partial charge in [-0.25, -0.2) is 9.97 Å². The van der Waals surface area contributed by atoms with E-state index in [0.717, 1.165) is 16.6 Å². The molecule has 0 spiro atoms. The Kier molecular flexibility index (Phi) is 2.19. The molecule has 0 aliphatic rings. The number of fused-ring (bicyclic) bond motifs is 1. The van der Waals surface area contributed by atoms with Gasteiger partial charge in [-0.15, -0.1) is 0 Å². The zero-order valence-corrected chi connectivity index (χ0v) is 9.21. The lowest BCUT2D eigenvalue weighted by atomic mass is 10.3. The van der Waals surface area contributed by atoms with Gasteiger partial charge in [0.1, 0.15) is 17.1 Å². The van der Waals surface area contributed by atoms with Gasteiger partial charge in [0.25, 0.3) is 0 Å². The number of aromatic nitrogens is 3. The number of halogens is 1. The highest BCUT2D eigenvalue weighted by atomic mass is 35.5. The van der Waals surface area contributed by atoms with E-state index >= 15 is 0 Å². The number of rotatable bonds is 1. The van der Waals surface area contributed by atoms with Crippen LogP contribution in [0, 0.1) is 6.92 Å². The zero-order valence-electron chi connectivity index (χ0n) is 8.45. The van der Waals surface area contributed by atoms with Crippen molar-refractivity contribution >= 4 is 22.6 Å². The van der Waals surface area contributed by atoms with E-state index < -0.39 is 0 Å². The second-order valence-electron chi connectivity index (χ2n) is 3.68. The molecule has 0 N–H and O–H groups in total. The summed E-state index contributed by atoms with van der Waals surface area (Å²) < 4.78 is 2.11. The summed E-state index contributed by atoms with van der Waals surface area (Å²) in [4.78, 5) is 8.23. The predicted molar refractivity (Wildman–Crippen MR) is 57.7 cm³/mol. The van der Waals surface area contributed by atoms with Crippen LogP contribution >= 0.6 is 11.6 Å². The SMILES string of the molecule is Cc1cn(C(C)C)c2ncnc(Cl)c12. The summed E-state index contributed by atoms with van der Waals surface area (Å²) in [6.07, 6.45) is 3.57. The Bertz CT molecular complexity index is 473. The van der Waals surface area contributed by atoms with E-state index in [1.54, 1.807) is 0 Å². The van der Waals surface area contributed by atoms with Gasteiger partial charge >= 0.3 is 0 Å². The van der Waals surface area contributed by atoms with E-state index in [4.69, 9.17) is 11.6 Å². The van der Waals surface area contributed by atoms with Gasteiger partial charge in [0.2, 0.25) is 0 Å². The van der Waals surface area contributed by atoms with E-state index in [1.807, 2.05) is 6.92 Å². The van der Waals surface area contributed by atoms with Gasteiger partial charge in [-0.2, -0.15) is 0 Å². The van der Waals surface area contributed by atoms with Gasteiger partial charge in [-0.05, 0) is 26.3 Å². The molecule has 3 nitrogen and oxygen atoms in total. The molecule has 0 saturated heterocycles. The average Bonchev–Trinajstić information content (AvgIpc) is 2.45. The zero-order chi connectivity index (χ0) is 10.3. The standard InChI is InChI=1S/C10H12ClN3/c1-6(2)14-4-7(3)8-9(11)12-5-13-10(8)14/h4-6H,1-3H3. The van der Waals surface area contributed by atoms with Crippen molar-refractivity contribution in [1.82, 2.24) is 14.5 Å². The fourth-order valence-electron chi connectivity index (χ4n) is 1.62. The molecule has 2 heterocycles. The maximum atomic E-state index is 6.02. The summed E-state index contributed by atoms with van der Waals surface area (Å²) >= 11 is 6.02. The first-order chi connectivity index (χ1) is 6.61. The molecule has 0 saturated carbocycles. The van der Waals surface area contributed by atoms with Crippen molar-refractivity contribution in [1.29, 1.82) is 0 Å². The van der Waals surface area contributed by atoms with E-state index in [1.165, 1.54) is 6.33 Å². The lowest BCUT2D eigenvalue weighted by Crippen LogP contribution is -1.99. The minimum atomic E-state index is 0.386. The molecule has 0 amide bonds. The van der Waals surface area contributed by atoms with Crippen LogP contribution in [-0.2, 0) is 0 Å². The first-order valence-corrected chi connectivity index (χ1v) is 4.96. The van der Waals surface area contributed by atoms with Crippen molar-refractivity contribution in [3.63, 3.8) is 0 Å². The molecule has 14 heavy (non-hydrogen) atoms. The molecule has 0 unspecified atom stereocenters. The van der Waals surface area contributed by atoms with Crippen molar-refractivity contribution in [2.24, 2.45) is 0 Å². The molecule has 0 bridgehead atoms. The second-order valence-corrected chi connectivity index (χ2v) is 4.03. The van der Waals surface area contributed by atoms with E-state index in [0.29, 0.717) is 11.2 Å². The molecule has 2 aromatic rings. The summed E-state index contributed by atoms with van der Waals surface area (Å²) in [5, 5.41) is 1.50. The Labute approximate surface area is 87.7 Å². The summed E-state index contributed by atoms with van der Waals surface area (Å²) in [7, 11) is 0. The quantitative estimate of drug-likeness (QED) is 0.676. The Morgan fingerprint density at radius 3 is 2.71 bits per heavy atom. The number of aryl methyl sites for hydroxylation is 1. The smallest absolute Gasteiger partial charge is 0.145 e. The van der Waals surface area contributed by atoms with Gasteiger partial charge < -0.3 is 4.57 Å². The average molecular weight is 210 g/mol. The van der Waals surface area contributed by atoms with Crippen LogP contribution in [0.4, 0.5) is 0 Å². The van der Waals surface area contributed by atoms with Crippen LogP contribution in [0.1, 0.15) is 25.5 Å². The molecule has 0 atom stereocenters. The largest absolute Gasteiger partial charge is 0.330 e. The fourth-order valence-corrected chi connectivity index (χ4v) is 1.90. The molecule has 2 aromatic heterocycles. The molecular formula is C10H12ClN3. The topological polar surface area (TPSA) is 30.7 Å². The molecule has 0 radical (unpaired) electrons. The van der Waals surface area contributed by atoms with Crippen molar-refractivity contribution in [2.45, 2.75) is 26.8 Å². The van der Waals surface area contributed by atoms with E-state index in [-0.39, 0.29) is 0 Å². The highest BCUT2D eigenvalue weighted by Gasteiger charge is 2.11. The Balaban J connectivity index is 2.84. The van der Waals surface area contributed by atoms with Crippen molar-refractivity contribution in [3.05, 3.63) is 23.2 Å². The normalized spacial score (nSPS) is 11.5. The Morgan fingerprint density at radius 1 is 1.36 bits per heavy atom. The molecule has 4 heteroatoms. The van der Waals surface area contributed by atoms with Crippen LogP contribution in [0.5, 0.6) is 0 Å². The van der Waals surface area contributed by atoms with Gasteiger partial charge in [0, 0.05) is 12.2 Å². The lowest BCUT2D eigenvalue weighted by Gasteiger charge is -2.07. The van der Waals surface area contributed by atoms with Crippen LogP contribution < -0.4 is 0 Å². The number of hydrogen-bond acceptors (Lipinski definition) is 2. The lowest BCUT2D eigenvalue weighted by molar-refractivity contribution is 0.616. The minimum Gasteiger partial charge on any atom is -0.330 e. The monoisotopic (exact) mass is 209 g/mol. The third-order valence-corrected chi connectivity index (χ3v) is 2.60. The maximum absolute atomic E-state index is 6.02. The summed E-state index contributed by atoms with van der Waals surface area (Å²) in [6, 6.07) is 0.386. The van der Waals surface area contributed by atoms with Crippen LogP contribution in [0.25, 0.3) is 11.0 Å². The third-order valence-electron chi connectivity index (χ3n) is 2.31. The molecule has 0 aliphatic heterocycles. The highest BCUT2D eigenvalue weighted by molar-refractivity contribution is 6.34. The van der Waals surface area contributed by atoms with Crippen molar-refractivity contribution in [3.8, 4) is 0 Å². The van der Waals surface area contributed by atoms with Crippen LogP contribution in [0.15, 0.2) is 12.5 Å². The van der Waals surface area contributed by atoms with Crippen molar-refractivity contribution < 1.29 is 0 Å². The summed E-state index contributed by atoms with van der Waals surface area (Å²) in [6.45, 7) is 6.26. The minimum absolute atomic E-state index is 0.386. The molecule has 74 valence electrons. The van der Waals surface area contributed by atoms with Crippen molar-refractivity contribution in [2.75, 3.05) is 0 Å². The van der Waals surface area contributed by atoms with Gasteiger partial charge in [0.15, 0.2) is 0 Å². The first-order valence-electron chi connectivity index (χ1n) is 4.59. The maximum Gasteiger partial charge on any atom is 0.145 e. The van der Waals surface area contributed by atoms with Gasteiger partial charge in [-0.1, -0.05) is 11.6 Å². The molecule has 0 aliphatic carbocycles. The summed E-state index contributed by atoms with van der Waals surface area (Å²) in [5.41, 5.74) is 2.04. The van der Waals surface area contributed by atoms with E-state index in [9.17, 15) is 0 Å². The van der Waals surface area contributed by atoms with Crippen LogP contribution in [0.2, 0.25) is 5.15 Å². The van der Waals surface area contributed by atoms with Gasteiger partial charge in [-0.3, -0.25) is 0 Å².